The fourth-order valence-electron chi connectivity index (χ4n) is 5.73. The van der Waals surface area contributed by atoms with Gasteiger partial charge in [0.25, 0.3) is 5.91 Å². The molecule has 3 amide bonds. The minimum Gasteiger partial charge on any atom is -0.460 e. The quantitative estimate of drug-likeness (QED) is 0.196. The molecule has 12 nitrogen and oxygen atoms in total. The van der Waals surface area contributed by atoms with Crippen LogP contribution in [0, 0.1) is 11.3 Å². The van der Waals surface area contributed by atoms with Crippen molar-refractivity contribution < 1.29 is 33.8 Å². The molecule has 49 heavy (non-hydrogen) atoms. The molecule has 0 aliphatic carbocycles. The Morgan fingerprint density at radius 3 is 2.47 bits per heavy atom. The summed E-state index contributed by atoms with van der Waals surface area (Å²) in [5, 5.41) is 17.8. The third kappa shape index (κ3) is 10.5. The molecule has 4 rings (SSSR count). The van der Waals surface area contributed by atoms with Crippen molar-refractivity contribution in [2.45, 2.75) is 81.4 Å². The van der Waals surface area contributed by atoms with Crippen molar-refractivity contribution in [1.29, 1.82) is 0 Å². The van der Waals surface area contributed by atoms with Crippen LogP contribution in [0.5, 0.6) is 0 Å². The van der Waals surface area contributed by atoms with E-state index in [0.717, 1.165) is 16.5 Å². The molecule has 0 saturated carbocycles. The first-order valence-corrected chi connectivity index (χ1v) is 17.5. The second-order valence-corrected chi connectivity index (χ2v) is 15.4. The van der Waals surface area contributed by atoms with Crippen molar-refractivity contribution in [1.82, 2.24) is 26.1 Å². The zero-order chi connectivity index (χ0) is 35.9. The molecule has 1 aromatic heterocycles. The molecule has 0 radical (unpaired) electrons. The number of carbonyl (C=O) groups is 4. The molecule has 268 valence electrons. The molecule has 4 unspecified atom stereocenters. The molecule has 4 N–H and O–H groups in total. The molecule has 4 atom stereocenters. The van der Waals surface area contributed by atoms with Crippen molar-refractivity contribution in [3.05, 3.63) is 47.7 Å². The highest BCUT2D eigenvalue weighted by Crippen LogP contribution is 2.34. The van der Waals surface area contributed by atoms with Gasteiger partial charge in [0.1, 0.15) is 24.7 Å². The van der Waals surface area contributed by atoms with E-state index in [1.165, 1.54) is 11.9 Å². The number of hydrogen-bond acceptors (Lipinski definition) is 9. The van der Waals surface area contributed by atoms with Crippen LogP contribution in [-0.4, -0.2) is 87.1 Å². The largest absolute Gasteiger partial charge is 0.460 e. The number of aliphatic hydroxyl groups excluding tert-OH is 1. The standard InChI is InChI=1S/C34H44Cl3N5O7/c1-20(2)28(29(44)38-21(3)30(45)42-15-5-6-26(41-42)31(46)49-19-34(35,36)37)40-32(47)33(13-16-48-17-14-33)12-11-23-7-8-24-9-10-25(22(4)43)39-27(24)18-23/h7-12,18,20-22,26,28,41,43H,5-6,13-17,19H2,1-4H3,(H,38,44)(H,40,47). The highest BCUT2D eigenvalue weighted by Gasteiger charge is 2.41. The maximum Gasteiger partial charge on any atom is 0.325 e. The number of esters is 1. The second-order valence-electron chi connectivity index (χ2n) is 12.9. The minimum atomic E-state index is -1.76. The number of ether oxygens (including phenoxy) is 2. The number of nitrogens with zero attached hydrogens (tertiary/aromatic N) is 2. The number of fused-ring (bicyclic) bond motifs is 1. The summed E-state index contributed by atoms with van der Waals surface area (Å²) < 4.78 is 8.88. The van der Waals surface area contributed by atoms with E-state index in [1.807, 2.05) is 50.3 Å². The SMILES string of the molecule is CC(NC(=O)C(NC(=O)C1(C=Cc2ccc3ccc(C(C)O)nc3c2)CCOCC1)C(C)C)C(=O)N1CCCC(C(=O)OCC(Cl)(Cl)Cl)N1. The van der Waals surface area contributed by atoms with Crippen LogP contribution < -0.4 is 16.1 Å². The van der Waals surface area contributed by atoms with Gasteiger partial charge in [-0.2, -0.15) is 0 Å². The summed E-state index contributed by atoms with van der Waals surface area (Å²) in [6.07, 6.45) is 4.79. The summed E-state index contributed by atoms with van der Waals surface area (Å²) in [6, 6.07) is 6.74. The fraction of sp³-hybridized carbons (Fsp3) is 0.559. The van der Waals surface area contributed by atoms with Gasteiger partial charge in [0.15, 0.2) is 0 Å². The highest BCUT2D eigenvalue weighted by atomic mass is 35.6. The van der Waals surface area contributed by atoms with Gasteiger partial charge in [-0.3, -0.25) is 29.2 Å². The third-order valence-corrected chi connectivity index (χ3v) is 9.00. The first-order chi connectivity index (χ1) is 23.1. The zero-order valence-electron chi connectivity index (χ0n) is 28.0. The van der Waals surface area contributed by atoms with Gasteiger partial charge >= 0.3 is 5.97 Å². The Bertz CT molecular complexity index is 1540. The minimum absolute atomic E-state index is 0.299. The van der Waals surface area contributed by atoms with Gasteiger partial charge in [-0.1, -0.05) is 79.0 Å². The molecular formula is C34H44Cl3N5O7. The molecule has 1 aromatic carbocycles. The average Bonchev–Trinajstić information content (AvgIpc) is 3.07. The monoisotopic (exact) mass is 739 g/mol. The molecule has 3 heterocycles. The Kier molecular flexibility index (Phi) is 13.3. The topological polar surface area (TPSA) is 159 Å². The summed E-state index contributed by atoms with van der Waals surface area (Å²) >= 11 is 17.0. The van der Waals surface area contributed by atoms with E-state index in [0.29, 0.717) is 51.1 Å². The van der Waals surface area contributed by atoms with E-state index < -0.39 is 57.8 Å². The first kappa shape index (κ1) is 38.8. The van der Waals surface area contributed by atoms with Gasteiger partial charge in [0.05, 0.1) is 22.7 Å². The zero-order valence-corrected chi connectivity index (χ0v) is 30.3. The lowest BCUT2D eigenvalue weighted by Gasteiger charge is -2.36. The van der Waals surface area contributed by atoms with Crippen LogP contribution in [0.1, 0.15) is 70.7 Å². The van der Waals surface area contributed by atoms with Crippen LogP contribution >= 0.6 is 34.8 Å². The van der Waals surface area contributed by atoms with E-state index in [1.54, 1.807) is 13.0 Å². The number of benzene rings is 1. The number of hydrazine groups is 1. The second kappa shape index (κ2) is 16.8. The smallest absolute Gasteiger partial charge is 0.325 e. The molecule has 15 heteroatoms. The van der Waals surface area contributed by atoms with E-state index in [4.69, 9.17) is 44.3 Å². The number of aliphatic hydroxyl groups is 1. The average molecular weight is 741 g/mol. The van der Waals surface area contributed by atoms with Gasteiger partial charge in [-0.15, -0.1) is 0 Å². The molecule has 2 saturated heterocycles. The normalized spacial score (nSPS) is 20.1. The van der Waals surface area contributed by atoms with Crippen molar-refractivity contribution in [2.75, 3.05) is 26.4 Å². The van der Waals surface area contributed by atoms with Gasteiger partial charge in [0.2, 0.25) is 15.6 Å². The fourth-order valence-corrected chi connectivity index (χ4v) is 5.90. The van der Waals surface area contributed by atoms with Crippen LogP contribution in [0.3, 0.4) is 0 Å². The van der Waals surface area contributed by atoms with Crippen molar-refractivity contribution in [3.63, 3.8) is 0 Å². The van der Waals surface area contributed by atoms with E-state index in [-0.39, 0.29) is 11.8 Å². The van der Waals surface area contributed by atoms with Crippen molar-refractivity contribution in [2.24, 2.45) is 11.3 Å². The summed E-state index contributed by atoms with van der Waals surface area (Å²) in [5.41, 5.74) is 4.03. The maximum absolute atomic E-state index is 14.0. The number of carbonyl (C=O) groups excluding carboxylic acids is 4. The number of hydrogen-bond donors (Lipinski definition) is 4. The Labute approximate surface area is 301 Å². The van der Waals surface area contributed by atoms with E-state index >= 15 is 0 Å². The number of aromatic nitrogens is 1. The molecule has 2 aliphatic rings. The Morgan fingerprint density at radius 2 is 1.82 bits per heavy atom. The molecule has 2 aliphatic heterocycles. The Hall–Kier alpha value is -3.00. The number of rotatable bonds is 11. The van der Waals surface area contributed by atoms with Crippen LogP contribution in [0.4, 0.5) is 0 Å². The lowest BCUT2D eigenvalue weighted by molar-refractivity contribution is -0.152. The summed E-state index contributed by atoms with van der Waals surface area (Å²) in [6.45, 7) is 7.45. The summed E-state index contributed by atoms with van der Waals surface area (Å²) in [5.74, 6) is -2.26. The van der Waals surface area contributed by atoms with E-state index in [9.17, 15) is 24.3 Å². The summed E-state index contributed by atoms with van der Waals surface area (Å²) in [4.78, 5) is 57.8. The number of alkyl halides is 3. The predicted octanol–water partition coefficient (Wildman–Crippen LogP) is 4.15. The van der Waals surface area contributed by atoms with Crippen LogP contribution in [0.2, 0.25) is 0 Å². The number of pyridine rings is 1. The third-order valence-electron chi connectivity index (χ3n) is 8.68. The summed E-state index contributed by atoms with van der Waals surface area (Å²) in [7, 11) is 0. The molecule has 0 bridgehead atoms. The molecule has 2 aromatic rings. The predicted molar refractivity (Wildman–Crippen MR) is 187 cm³/mol. The van der Waals surface area contributed by atoms with E-state index in [2.05, 4.69) is 21.0 Å². The highest BCUT2D eigenvalue weighted by molar-refractivity contribution is 6.67. The molecule has 0 spiro atoms. The lowest BCUT2D eigenvalue weighted by Crippen LogP contribution is -2.61. The van der Waals surface area contributed by atoms with Crippen LogP contribution in [0.25, 0.3) is 17.0 Å². The van der Waals surface area contributed by atoms with Gasteiger partial charge in [0, 0.05) is 25.1 Å². The van der Waals surface area contributed by atoms with Crippen molar-refractivity contribution >= 4 is 75.5 Å². The number of amides is 3. The lowest BCUT2D eigenvalue weighted by atomic mass is 9.78. The van der Waals surface area contributed by atoms with Gasteiger partial charge < -0.3 is 25.2 Å². The van der Waals surface area contributed by atoms with Gasteiger partial charge in [-0.25, -0.2) is 5.43 Å². The maximum atomic E-state index is 14.0. The van der Waals surface area contributed by atoms with Crippen molar-refractivity contribution in [3.8, 4) is 0 Å². The number of nitrogens with one attached hydrogen (secondary N) is 3. The Morgan fingerprint density at radius 1 is 1.12 bits per heavy atom. The molecule has 2 fully saturated rings. The Balaban J connectivity index is 1.43. The number of halogens is 3. The van der Waals surface area contributed by atoms with Gasteiger partial charge in [-0.05, 0) is 63.1 Å². The first-order valence-electron chi connectivity index (χ1n) is 16.4. The van der Waals surface area contributed by atoms with Crippen LogP contribution in [-0.2, 0) is 28.7 Å². The van der Waals surface area contributed by atoms with Crippen LogP contribution in [0.15, 0.2) is 36.4 Å². The molecular weight excluding hydrogens is 697 g/mol.